The first-order valence-electron chi connectivity index (χ1n) is 6.58. The smallest absolute Gasteiger partial charge is 0.416 e. The van der Waals surface area contributed by atoms with Gasteiger partial charge in [0, 0.05) is 13.6 Å². The third-order valence-corrected chi connectivity index (χ3v) is 3.94. The summed E-state index contributed by atoms with van der Waals surface area (Å²) in [5.41, 5.74) is -2.66. The number of hydrogen-bond acceptors (Lipinski definition) is 3. The third-order valence-electron chi connectivity index (χ3n) is 3.94. The average molecular weight is 329 g/mol. The van der Waals surface area contributed by atoms with E-state index in [2.05, 4.69) is 0 Å². The van der Waals surface area contributed by atoms with Crippen LogP contribution in [0.2, 0.25) is 0 Å². The monoisotopic (exact) mass is 329 g/mol. The molecule has 1 amide bonds. The first-order chi connectivity index (χ1) is 10.5. The SMILES string of the molecule is CN1CC(C)(c2ccc(C(F)(F)F)cc2)C(O)=C(C(=O)O)C1=O. The molecule has 0 aromatic heterocycles. The van der Waals surface area contributed by atoms with E-state index in [0.29, 0.717) is 0 Å². The molecule has 0 radical (unpaired) electrons. The number of nitrogens with zero attached hydrogens (tertiary/aromatic N) is 1. The highest BCUT2D eigenvalue weighted by Gasteiger charge is 2.45. The molecular weight excluding hydrogens is 315 g/mol. The number of likely N-dealkylation sites (N-methyl/N-ethyl adjacent to an activating group) is 1. The molecule has 1 aromatic carbocycles. The molecule has 0 fully saturated rings. The number of halogens is 3. The first-order valence-corrected chi connectivity index (χ1v) is 6.58. The predicted molar refractivity (Wildman–Crippen MR) is 73.7 cm³/mol. The van der Waals surface area contributed by atoms with Crippen LogP contribution in [0.25, 0.3) is 0 Å². The molecule has 1 aliphatic rings. The summed E-state index contributed by atoms with van der Waals surface area (Å²) in [6, 6.07) is 4.04. The van der Waals surface area contributed by atoms with Crippen LogP contribution in [0.5, 0.6) is 0 Å². The molecule has 2 rings (SSSR count). The lowest BCUT2D eigenvalue weighted by Crippen LogP contribution is -2.49. The van der Waals surface area contributed by atoms with Crippen LogP contribution in [0.4, 0.5) is 13.2 Å². The van der Waals surface area contributed by atoms with E-state index in [1.54, 1.807) is 0 Å². The van der Waals surface area contributed by atoms with Gasteiger partial charge in [0.05, 0.1) is 11.0 Å². The first kappa shape index (κ1) is 16.9. The zero-order valence-electron chi connectivity index (χ0n) is 12.3. The van der Waals surface area contributed by atoms with E-state index in [1.807, 2.05) is 0 Å². The molecule has 1 heterocycles. The van der Waals surface area contributed by atoms with E-state index in [0.717, 1.165) is 17.0 Å². The van der Waals surface area contributed by atoms with Crippen molar-refractivity contribution in [1.82, 2.24) is 4.90 Å². The Labute approximate surface area is 129 Å². The number of alkyl halides is 3. The van der Waals surface area contributed by atoms with Crippen molar-refractivity contribution in [3.05, 3.63) is 46.7 Å². The van der Waals surface area contributed by atoms with E-state index in [4.69, 9.17) is 5.11 Å². The van der Waals surface area contributed by atoms with Crippen LogP contribution in [-0.2, 0) is 21.2 Å². The van der Waals surface area contributed by atoms with Gasteiger partial charge in [0.1, 0.15) is 5.76 Å². The number of aliphatic hydroxyl groups is 1. The molecule has 0 aliphatic carbocycles. The molecule has 0 bridgehead atoms. The summed E-state index contributed by atoms with van der Waals surface area (Å²) >= 11 is 0. The van der Waals surface area contributed by atoms with Gasteiger partial charge in [-0.2, -0.15) is 13.2 Å². The Morgan fingerprint density at radius 2 is 1.78 bits per heavy atom. The number of amides is 1. The molecular formula is C15H14F3NO4. The Kier molecular flexibility index (Phi) is 3.88. The molecule has 0 saturated carbocycles. The van der Waals surface area contributed by atoms with Gasteiger partial charge in [0.2, 0.25) is 0 Å². The number of aliphatic hydroxyl groups excluding tert-OH is 1. The zero-order chi connectivity index (χ0) is 17.6. The van der Waals surface area contributed by atoms with E-state index in [9.17, 15) is 27.9 Å². The highest BCUT2D eigenvalue weighted by atomic mass is 19.4. The highest BCUT2D eigenvalue weighted by molar-refractivity contribution is 6.16. The Morgan fingerprint density at radius 3 is 2.22 bits per heavy atom. The topological polar surface area (TPSA) is 77.8 Å². The summed E-state index contributed by atoms with van der Waals surface area (Å²) in [4.78, 5) is 24.2. The Bertz CT molecular complexity index is 694. The minimum atomic E-state index is -4.50. The van der Waals surface area contributed by atoms with Gasteiger partial charge in [0.15, 0.2) is 5.57 Å². The summed E-state index contributed by atoms with van der Waals surface area (Å²) in [7, 11) is 1.36. The van der Waals surface area contributed by atoms with Crippen molar-refractivity contribution in [2.24, 2.45) is 0 Å². The molecule has 1 aliphatic heterocycles. The summed E-state index contributed by atoms with van der Waals surface area (Å²) in [5.74, 6) is -3.09. The minimum Gasteiger partial charge on any atom is -0.510 e. The lowest BCUT2D eigenvalue weighted by atomic mass is 9.76. The molecule has 1 atom stereocenters. The maximum absolute atomic E-state index is 12.6. The summed E-state index contributed by atoms with van der Waals surface area (Å²) in [5, 5.41) is 19.4. The van der Waals surface area contributed by atoms with E-state index in [1.165, 1.54) is 26.1 Å². The van der Waals surface area contributed by atoms with Gasteiger partial charge >= 0.3 is 12.1 Å². The van der Waals surface area contributed by atoms with Crippen LogP contribution in [0, 0.1) is 0 Å². The fourth-order valence-corrected chi connectivity index (χ4v) is 2.64. The Morgan fingerprint density at radius 1 is 1.26 bits per heavy atom. The van der Waals surface area contributed by atoms with Gasteiger partial charge in [-0.15, -0.1) is 0 Å². The van der Waals surface area contributed by atoms with Crippen molar-refractivity contribution < 1.29 is 33.0 Å². The van der Waals surface area contributed by atoms with Gasteiger partial charge in [0.25, 0.3) is 5.91 Å². The van der Waals surface area contributed by atoms with Crippen molar-refractivity contribution in [3.8, 4) is 0 Å². The predicted octanol–water partition coefficient (Wildman–Crippen LogP) is 2.33. The lowest BCUT2D eigenvalue weighted by molar-refractivity contribution is -0.139. The molecule has 23 heavy (non-hydrogen) atoms. The third kappa shape index (κ3) is 2.76. The van der Waals surface area contributed by atoms with Gasteiger partial charge < -0.3 is 15.1 Å². The van der Waals surface area contributed by atoms with Gasteiger partial charge in [-0.05, 0) is 24.6 Å². The van der Waals surface area contributed by atoms with E-state index in [-0.39, 0.29) is 12.1 Å². The summed E-state index contributed by atoms with van der Waals surface area (Å²) in [6.07, 6.45) is -4.50. The zero-order valence-corrected chi connectivity index (χ0v) is 12.3. The molecule has 1 aromatic rings. The van der Waals surface area contributed by atoms with Gasteiger partial charge in [-0.3, -0.25) is 4.79 Å². The van der Waals surface area contributed by atoms with Crippen LogP contribution in [0.15, 0.2) is 35.6 Å². The van der Waals surface area contributed by atoms with Crippen LogP contribution >= 0.6 is 0 Å². The average Bonchev–Trinajstić information content (AvgIpc) is 2.44. The minimum absolute atomic E-state index is 0.0557. The van der Waals surface area contributed by atoms with Crippen molar-refractivity contribution in [2.45, 2.75) is 18.5 Å². The molecule has 5 nitrogen and oxygen atoms in total. The quantitative estimate of drug-likeness (QED) is 0.817. The second kappa shape index (κ2) is 5.29. The largest absolute Gasteiger partial charge is 0.510 e. The van der Waals surface area contributed by atoms with Crippen LogP contribution in [0.3, 0.4) is 0 Å². The molecule has 8 heteroatoms. The van der Waals surface area contributed by atoms with Gasteiger partial charge in [-0.25, -0.2) is 4.79 Å². The number of carboxylic acids is 1. The van der Waals surface area contributed by atoms with Crippen molar-refractivity contribution in [2.75, 3.05) is 13.6 Å². The van der Waals surface area contributed by atoms with Crippen LogP contribution < -0.4 is 0 Å². The molecule has 2 N–H and O–H groups in total. The summed E-state index contributed by atoms with van der Waals surface area (Å²) in [6.45, 7) is 1.41. The number of aliphatic carboxylic acids is 1. The van der Waals surface area contributed by atoms with Crippen LogP contribution in [0.1, 0.15) is 18.1 Å². The number of carbonyl (C=O) groups is 2. The molecule has 1 unspecified atom stereocenters. The number of carboxylic acid groups (broad SMARTS) is 1. The highest BCUT2D eigenvalue weighted by Crippen LogP contribution is 2.38. The fraction of sp³-hybridized carbons (Fsp3) is 0.333. The van der Waals surface area contributed by atoms with E-state index >= 15 is 0 Å². The molecule has 0 spiro atoms. The fourth-order valence-electron chi connectivity index (χ4n) is 2.64. The second-order valence-electron chi connectivity index (χ2n) is 5.60. The molecule has 0 saturated heterocycles. The molecule has 124 valence electrons. The van der Waals surface area contributed by atoms with E-state index < -0.39 is 40.4 Å². The second-order valence-corrected chi connectivity index (χ2v) is 5.60. The van der Waals surface area contributed by atoms with Gasteiger partial charge in [-0.1, -0.05) is 12.1 Å². The van der Waals surface area contributed by atoms with Crippen molar-refractivity contribution in [3.63, 3.8) is 0 Å². The van der Waals surface area contributed by atoms with Crippen molar-refractivity contribution >= 4 is 11.9 Å². The number of benzene rings is 1. The Hall–Kier alpha value is -2.51. The van der Waals surface area contributed by atoms with Crippen molar-refractivity contribution in [1.29, 1.82) is 0 Å². The normalized spacial score (nSPS) is 22.5. The number of rotatable bonds is 2. The summed E-state index contributed by atoms with van der Waals surface area (Å²) < 4.78 is 37.9. The number of hydrogen-bond donors (Lipinski definition) is 2. The maximum Gasteiger partial charge on any atom is 0.416 e. The standard InChI is InChI=1S/C15H14F3NO4/c1-14(8-3-5-9(6-4-8)15(16,17)18)7-19(2)12(21)10(11(14)20)13(22)23/h3-6,20H,7H2,1-2H3,(H,22,23). The Balaban J connectivity index is 2.56. The number of carbonyl (C=O) groups excluding carboxylic acids is 1. The maximum atomic E-state index is 12.6. The lowest BCUT2D eigenvalue weighted by Gasteiger charge is -2.38. The van der Waals surface area contributed by atoms with Crippen LogP contribution in [-0.4, -0.2) is 40.6 Å².